The van der Waals surface area contributed by atoms with Gasteiger partial charge in [-0.15, -0.1) is 0 Å². The van der Waals surface area contributed by atoms with E-state index in [1.165, 1.54) is 37.4 Å². The lowest BCUT2D eigenvalue weighted by Gasteiger charge is -2.37. The van der Waals surface area contributed by atoms with Crippen LogP contribution in [0, 0.1) is 17.1 Å². The number of ether oxygens (including phenoxy) is 1. The SMILES string of the molecule is C[C@]1(c2cc(NC(=O)c3ccc(C#N)cn3)ccc2F)N=C(N)CO[C@H]1C(F)F. The van der Waals surface area contributed by atoms with Crippen molar-refractivity contribution in [3.8, 4) is 6.07 Å². The summed E-state index contributed by atoms with van der Waals surface area (Å²) in [7, 11) is 0. The van der Waals surface area contributed by atoms with Crippen LogP contribution < -0.4 is 11.1 Å². The molecule has 10 heteroatoms. The van der Waals surface area contributed by atoms with Crippen LogP contribution in [0.1, 0.15) is 28.5 Å². The maximum Gasteiger partial charge on any atom is 0.274 e. The number of benzene rings is 1. The predicted octanol–water partition coefficient (Wildman–Crippen LogP) is 2.58. The molecule has 3 N–H and O–H groups in total. The van der Waals surface area contributed by atoms with Crippen molar-refractivity contribution in [1.29, 1.82) is 5.26 Å². The lowest BCUT2D eigenvalue weighted by atomic mass is 9.85. The van der Waals surface area contributed by atoms with E-state index in [0.29, 0.717) is 0 Å². The van der Waals surface area contributed by atoms with Crippen LogP contribution in [0.5, 0.6) is 0 Å². The van der Waals surface area contributed by atoms with Crippen molar-refractivity contribution < 1.29 is 22.7 Å². The van der Waals surface area contributed by atoms with E-state index in [-0.39, 0.29) is 35.0 Å². The van der Waals surface area contributed by atoms with Gasteiger partial charge in [0, 0.05) is 17.4 Å². The highest BCUT2D eigenvalue weighted by molar-refractivity contribution is 6.02. The molecular weight excluding hydrogens is 387 g/mol. The number of pyridine rings is 1. The van der Waals surface area contributed by atoms with E-state index < -0.39 is 29.8 Å². The number of nitriles is 1. The molecule has 2 atom stereocenters. The summed E-state index contributed by atoms with van der Waals surface area (Å²) in [6.07, 6.45) is -3.41. The van der Waals surface area contributed by atoms with Gasteiger partial charge in [-0.25, -0.2) is 18.2 Å². The highest BCUT2D eigenvalue weighted by atomic mass is 19.3. The zero-order valence-electron chi connectivity index (χ0n) is 15.2. The van der Waals surface area contributed by atoms with Gasteiger partial charge < -0.3 is 15.8 Å². The van der Waals surface area contributed by atoms with Crippen molar-refractivity contribution in [2.75, 3.05) is 11.9 Å². The van der Waals surface area contributed by atoms with E-state index in [9.17, 15) is 18.0 Å². The summed E-state index contributed by atoms with van der Waals surface area (Å²) in [6.45, 7) is 1.01. The van der Waals surface area contributed by atoms with Crippen LogP contribution in [0.4, 0.5) is 18.9 Å². The molecular formula is C19H16F3N5O2. The number of rotatable bonds is 4. The smallest absolute Gasteiger partial charge is 0.274 e. The third-order valence-corrected chi connectivity index (χ3v) is 4.46. The predicted molar refractivity (Wildman–Crippen MR) is 98.0 cm³/mol. The minimum absolute atomic E-state index is 0.0230. The van der Waals surface area contributed by atoms with Crippen molar-refractivity contribution in [3.05, 3.63) is 59.2 Å². The van der Waals surface area contributed by atoms with Gasteiger partial charge in [-0.2, -0.15) is 5.26 Å². The van der Waals surface area contributed by atoms with E-state index in [1.54, 1.807) is 0 Å². The lowest BCUT2D eigenvalue weighted by Crippen LogP contribution is -2.49. The first-order chi connectivity index (χ1) is 13.7. The van der Waals surface area contributed by atoms with E-state index in [2.05, 4.69) is 15.3 Å². The van der Waals surface area contributed by atoms with Gasteiger partial charge in [0.15, 0.2) is 0 Å². The van der Waals surface area contributed by atoms with Crippen LogP contribution in [-0.2, 0) is 10.3 Å². The molecule has 1 aliphatic heterocycles. The molecule has 0 radical (unpaired) electrons. The number of halogens is 3. The van der Waals surface area contributed by atoms with Crippen molar-refractivity contribution in [1.82, 2.24) is 4.98 Å². The third kappa shape index (κ3) is 4.05. The average molecular weight is 403 g/mol. The zero-order valence-corrected chi connectivity index (χ0v) is 15.2. The Hall–Kier alpha value is -3.45. The molecule has 0 bridgehead atoms. The number of carbonyl (C=O) groups excluding carboxylic acids is 1. The molecule has 0 spiro atoms. The second-order valence-corrected chi connectivity index (χ2v) is 6.51. The molecule has 0 saturated carbocycles. The van der Waals surface area contributed by atoms with Crippen LogP contribution in [0.3, 0.4) is 0 Å². The number of alkyl halides is 2. The van der Waals surface area contributed by atoms with Crippen LogP contribution in [0.25, 0.3) is 0 Å². The third-order valence-electron chi connectivity index (χ3n) is 4.46. The van der Waals surface area contributed by atoms with Crippen LogP contribution in [0.15, 0.2) is 41.5 Å². The average Bonchev–Trinajstić information content (AvgIpc) is 2.69. The molecule has 2 aromatic rings. The molecule has 150 valence electrons. The van der Waals surface area contributed by atoms with Crippen LogP contribution >= 0.6 is 0 Å². The quantitative estimate of drug-likeness (QED) is 0.815. The summed E-state index contributed by atoms with van der Waals surface area (Å²) in [6, 6.07) is 8.17. The summed E-state index contributed by atoms with van der Waals surface area (Å²) in [5.74, 6) is -1.46. The number of anilines is 1. The number of aromatic nitrogens is 1. The summed E-state index contributed by atoms with van der Waals surface area (Å²) in [5.41, 5.74) is 4.10. The number of amides is 1. The number of aliphatic imine (C=N–C) groups is 1. The normalized spacial score (nSPS) is 21.4. The number of hydrogen-bond acceptors (Lipinski definition) is 6. The van der Waals surface area contributed by atoms with Gasteiger partial charge in [0.2, 0.25) is 0 Å². The molecule has 2 heterocycles. The Morgan fingerprint density at radius 3 is 2.79 bits per heavy atom. The second kappa shape index (κ2) is 7.89. The fourth-order valence-corrected chi connectivity index (χ4v) is 3.04. The molecule has 1 aromatic carbocycles. The molecule has 1 aromatic heterocycles. The van der Waals surface area contributed by atoms with Crippen molar-refractivity contribution in [3.63, 3.8) is 0 Å². The molecule has 0 aliphatic carbocycles. The van der Waals surface area contributed by atoms with E-state index in [0.717, 1.165) is 6.07 Å². The number of nitrogens with one attached hydrogen (secondary N) is 1. The van der Waals surface area contributed by atoms with Gasteiger partial charge >= 0.3 is 0 Å². The molecule has 3 rings (SSSR count). The zero-order chi connectivity index (χ0) is 21.2. The second-order valence-electron chi connectivity index (χ2n) is 6.51. The first-order valence-corrected chi connectivity index (χ1v) is 8.46. The molecule has 0 unspecified atom stereocenters. The summed E-state index contributed by atoms with van der Waals surface area (Å²) >= 11 is 0. The molecule has 29 heavy (non-hydrogen) atoms. The molecule has 0 saturated heterocycles. The van der Waals surface area contributed by atoms with E-state index in [4.69, 9.17) is 15.7 Å². The largest absolute Gasteiger partial charge is 0.386 e. The molecule has 1 aliphatic rings. The number of nitrogens with zero attached hydrogens (tertiary/aromatic N) is 3. The van der Waals surface area contributed by atoms with Crippen molar-refractivity contribution >= 4 is 17.4 Å². The minimum Gasteiger partial charge on any atom is -0.386 e. The lowest BCUT2D eigenvalue weighted by molar-refractivity contribution is -0.0883. The first kappa shape index (κ1) is 20.3. The Kier molecular flexibility index (Phi) is 5.52. The van der Waals surface area contributed by atoms with E-state index >= 15 is 0 Å². The van der Waals surface area contributed by atoms with Gasteiger partial charge in [-0.3, -0.25) is 9.79 Å². The number of carbonyl (C=O) groups is 1. The Morgan fingerprint density at radius 1 is 1.41 bits per heavy atom. The van der Waals surface area contributed by atoms with Gasteiger partial charge in [0.05, 0.1) is 5.56 Å². The summed E-state index contributed by atoms with van der Waals surface area (Å²) < 4.78 is 46.6. The molecule has 0 fully saturated rings. The van der Waals surface area contributed by atoms with Gasteiger partial charge in [0.25, 0.3) is 12.3 Å². The van der Waals surface area contributed by atoms with Gasteiger partial charge in [0.1, 0.15) is 41.7 Å². The molecule has 1 amide bonds. The highest BCUT2D eigenvalue weighted by Crippen LogP contribution is 2.39. The van der Waals surface area contributed by atoms with Crippen LogP contribution in [0.2, 0.25) is 0 Å². The Balaban J connectivity index is 1.94. The topological polar surface area (TPSA) is 113 Å². The monoisotopic (exact) mass is 403 g/mol. The maximum absolute atomic E-state index is 14.5. The van der Waals surface area contributed by atoms with Gasteiger partial charge in [-0.1, -0.05) is 0 Å². The Bertz CT molecular complexity index is 1000. The highest BCUT2D eigenvalue weighted by Gasteiger charge is 2.46. The van der Waals surface area contributed by atoms with Crippen molar-refractivity contribution in [2.45, 2.75) is 25.0 Å². The maximum atomic E-state index is 14.5. The van der Waals surface area contributed by atoms with E-state index in [1.807, 2.05) is 6.07 Å². The summed E-state index contributed by atoms with van der Waals surface area (Å²) in [5, 5.41) is 11.3. The fourth-order valence-electron chi connectivity index (χ4n) is 3.04. The summed E-state index contributed by atoms with van der Waals surface area (Å²) in [4.78, 5) is 20.3. The first-order valence-electron chi connectivity index (χ1n) is 8.46. The van der Waals surface area contributed by atoms with Crippen LogP contribution in [-0.4, -0.2) is 35.9 Å². The number of amidine groups is 1. The number of nitrogens with two attached hydrogens (primary N) is 1. The Labute approximate surface area is 164 Å². The fraction of sp³-hybridized carbons (Fsp3) is 0.263. The minimum atomic E-state index is -2.93. The van der Waals surface area contributed by atoms with Gasteiger partial charge in [-0.05, 0) is 37.3 Å². The Morgan fingerprint density at radius 2 is 2.17 bits per heavy atom. The molecule has 7 nitrogen and oxygen atoms in total. The number of hydrogen-bond donors (Lipinski definition) is 2. The van der Waals surface area contributed by atoms with Crippen molar-refractivity contribution in [2.24, 2.45) is 10.7 Å². The standard InChI is InChI=1S/C19H16F3N5O2/c1-19(16(17(21)22)29-9-15(24)27-19)12-6-11(3-4-13(12)20)26-18(28)14-5-2-10(7-23)8-25-14/h2-6,8,16-17H,9H2,1H3,(H2,24,27)(H,26,28)/t16-,19+/m0/s1.